The summed E-state index contributed by atoms with van der Waals surface area (Å²) in [5.74, 6) is 0.851. The van der Waals surface area contributed by atoms with Crippen molar-refractivity contribution in [1.82, 2.24) is 15.1 Å². The van der Waals surface area contributed by atoms with Crippen LogP contribution in [0.3, 0.4) is 0 Å². The van der Waals surface area contributed by atoms with E-state index >= 15 is 0 Å². The fourth-order valence-corrected chi connectivity index (χ4v) is 2.97. The van der Waals surface area contributed by atoms with Gasteiger partial charge in [-0.2, -0.15) is 5.10 Å². The van der Waals surface area contributed by atoms with E-state index in [0.29, 0.717) is 0 Å². The average Bonchev–Trinajstić information content (AvgIpc) is 2.83. The maximum atomic E-state index is 5.31. The first-order chi connectivity index (χ1) is 10.2. The molecule has 21 heavy (non-hydrogen) atoms. The van der Waals surface area contributed by atoms with Crippen molar-refractivity contribution in [3.05, 3.63) is 35.7 Å². The molecule has 0 spiro atoms. The second-order valence-corrected chi connectivity index (χ2v) is 5.37. The Morgan fingerprint density at radius 3 is 2.67 bits per heavy atom. The van der Waals surface area contributed by atoms with Crippen LogP contribution in [0.5, 0.6) is 5.75 Å². The number of aromatic nitrogens is 2. The topological polar surface area (TPSA) is 42.3 Å². The largest absolute Gasteiger partial charge is 0.497 e. The Balaban J connectivity index is 2.00. The summed E-state index contributed by atoms with van der Waals surface area (Å²) in [6.45, 7) is 8.35. The second kappa shape index (κ2) is 5.77. The lowest BCUT2D eigenvalue weighted by atomic mass is 10.2. The molecule has 0 aliphatic carbocycles. The van der Waals surface area contributed by atoms with Crippen molar-refractivity contribution in [3.63, 3.8) is 0 Å². The van der Waals surface area contributed by atoms with Gasteiger partial charge in [-0.3, -0.25) is 0 Å². The summed E-state index contributed by atoms with van der Waals surface area (Å²) in [5, 5.41) is 8.12. The molecule has 0 amide bonds. The first-order valence-electron chi connectivity index (χ1n) is 7.37. The zero-order chi connectivity index (χ0) is 14.8. The van der Waals surface area contributed by atoms with Gasteiger partial charge in [-0.1, -0.05) is 6.07 Å². The highest BCUT2D eigenvalue weighted by Crippen LogP contribution is 2.28. The van der Waals surface area contributed by atoms with E-state index in [-0.39, 0.29) is 0 Å². The monoisotopic (exact) mass is 286 g/mol. The molecule has 1 aromatic heterocycles. The SMILES string of the molecule is COc1cccc(-n2nc(C)c(N3CCNCC3)c2C)c1. The van der Waals surface area contributed by atoms with Gasteiger partial charge < -0.3 is 15.0 Å². The summed E-state index contributed by atoms with van der Waals surface area (Å²) in [6.07, 6.45) is 0. The first kappa shape index (κ1) is 13.9. The Kier molecular flexibility index (Phi) is 3.84. The van der Waals surface area contributed by atoms with Gasteiger partial charge in [0.25, 0.3) is 0 Å². The third kappa shape index (κ3) is 2.61. The Bertz CT molecular complexity index is 629. The second-order valence-electron chi connectivity index (χ2n) is 5.37. The standard InChI is InChI=1S/C16H22N4O/c1-12-16(19-9-7-17-8-10-19)13(2)20(18-12)14-5-4-6-15(11-14)21-3/h4-6,11,17H,7-10H2,1-3H3. The summed E-state index contributed by atoms with van der Waals surface area (Å²) >= 11 is 0. The Hall–Kier alpha value is -2.01. The molecule has 1 N–H and O–H groups in total. The number of nitrogens with one attached hydrogen (secondary N) is 1. The lowest BCUT2D eigenvalue weighted by Crippen LogP contribution is -2.43. The van der Waals surface area contributed by atoms with E-state index in [1.807, 2.05) is 22.9 Å². The van der Waals surface area contributed by atoms with Gasteiger partial charge >= 0.3 is 0 Å². The van der Waals surface area contributed by atoms with Crippen LogP contribution in [0.25, 0.3) is 5.69 Å². The summed E-state index contributed by atoms with van der Waals surface area (Å²) in [4.78, 5) is 2.42. The van der Waals surface area contributed by atoms with Crippen LogP contribution < -0.4 is 15.0 Å². The van der Waals surface area contributed by atoms with Crippen molar-refractivity contribution in [1.29, 1.82) is 0 Å². The minimum absolute atomic E-state index is 0.851. The van der Waals surface area contributed by atoms with Crippen LogP contribution in [-0.2, 0) is 0 Å². The molecule has 1 saturated heterocycles. The van der Waals surface area contributed by atoms with Crippen LogP contribution in [0.15, 0.2) is 24.3 Å². The molecule has 1 fully saturated rings. The van der Waals surface area contributed by atoms with Crippen LogP contribution in [0.4, 0.5) is 5.69 Å². The molecule has 5 heteroatoms. The zero-order valence-corrected chi connectivity index (χ0v) is 12.9. The molecule has 0 saturated carbocycles. The molecular formula is C16H22N4O. The minimum Gasteiger partial charge on any atom is -0.497 e. The Morgan fingerprint density at radius 2 is 1.95 bits per heavy atom. The van der Waals surface area contributed by atoms with Gasteiger partial charge in [0, 0.05) is 32.2 Å². The fraction of sp³-hybridized carbons (Fsp3) is 0.438. The number of methoxy groups -OCH3 is 1. The number of rotatable bonds is 3. The van der Waals surface area contributed by atoms with Crippen molar-refractivity contribution in [2.45, 2.75) is 13.8 Å². The van der Waals surface area contributed by atoms with E-state index in [2.05, 4.69) is 30.1 Å². The van der Waals surface area contributed by atoms with Gasteiger partial charge in [-0.05, 0) is 26.0 Å². The predicted molar refractivity (Wildman–Crippen MR) is 84.7 cm³/mol. The first-order valence-corrected chi connectivity index (χ1v) is 7.37. The maximum absolute atomic E-state index is 5.31. The van der Waals surface area contributed by atoms with Crippen LogP contribution in [-0.4, -0.2) is 43.1 Å². The summed E-state index contributed by atoms with van der Waals surface area (Å²) in [6, 6.07) is 8.02. The van der Waals surface area contributed by atoms with Gasteiger partial charge in [-0.15, -0.1) is 0 Å². The number of aryl methyl sites for hydroxylation is 1. The van der Waals surface area contributed by atoms with Gasteiger partial charge in [0.15, 0.2) is 0 Å². The summed E-state index contributed by atoms with van der Waals surface area (Å²) in [5.41, 5.74) is 4.57. The maximum Gasteiger partial charge on any atom is 0.121 e. The van der Waals surface area contributed by atoms with Crippen LogP contribution in [0.1, 0.15) is 11.4 Å². The molecule has 5 nitrogen and oxygen atoms in total. The van der Waals surface area contributed by atoms with Crippen molar-refractivity contribution in [3.8, 4) is 11.4 Å². The van der Waals surface area contributed by atoms with Crippen molar-refractivity contribution in [2.24, 2.45) is 0 Å². The molecule has 0 atom stereocenters. The number of ether oxygens (including phenoxy) is 1. The molecular weight excluding hydrogens is 264 g/mol. The summed E-state index contributed by atoms with van der Waals surface area (Å²) in [7, 11) is 1.69. The molecule has 1 aromatic carbocycles. The highest BCUT2D eigenvalue weighted by molar-refractivity contribution is 5.57. The third-order valence-electron chi connectivity index (χ3n) is 3.98. The number of hydrogen-bond acceptors (Lipinski definition) is 4. The van der Waals surface area contributed by atoms with Crippen molar-refractivity contribution >= 4 is 5.69 Å². The molecule has 2 heterocycles. The Morgan fingerprint density at radius 1 is 1.19 bits per heavy atom. The van der Waals surface area contributed by atoms with E-state index in [0.717, 1.165) is 43.3 Å². The van der Waals surface area contributed by atoms with E-state index in [1.54, 1.807) is 7.11 Å². The van der Waals surface area contributed by atoms with E-state index < -0.39 is 0 Å². The number of nitrogens with zero attached hydrogens (tertiary/aromatic N) is 3. The average molecular weight is 286 g/mol. The van der Waals surface area contributed by atoms with Gasteiger partial charge in [0.2, 0.25) is 0 Å². The zero-order valence-electron chi connectivity index (χ0n) is 12.9. The molecule has 1 aliphatic heterocycles. The van der Waals surface area contributed by atoms with Crippen LogP contribution in [0, 0.1) is 13.8 Å². The number of benzene rings is 1. The molecule has 0 unspecified atom stereocenters. The van der Waals surface area contributed by atoms with Gasteiger partial charge in [-0.25, -0.2) is 4.68 Å². The highest BCUT2D eigenvalue weighted by Gasteiger charge is 2.20. The van der Waals surface area contributed by atoms with Crippen molar-refractivity contribution in [2.75, 3.05) is 38.2 Å². The lowest BCUT2D eigenvalue weighted by Gasteiger charge is -2.29. The minimum atomic E-state index is 0.851. The lowest BCUT2D eigenvalue weighted by molar-refractivity contribution is 0.414. The number of hydrogen-bond donors (Lipinski definition) is 1. The third-order valence-corrected chi connectivity index (χ3v) is 3.98. The van der Waals surface area contributed by atoms with Gasteiger partial charge in [0.1, 0.15) is 5.75 Å². The predicted octanol–water partition coefficient (Wildman–Crippen LogP) is 1.91. The number of anilines is 1. The molecule has 112 valence electrons. The summed E-state index contributed by atoms with van der Waals surface area (Å²) < 4.78 is 7.32. The molecule has 2 aromatic rings. The normalized spacial score (nSPS) is 15.3. The smallest absolute Gasteiger partial charge is 0.121 e. The highest BCUT2D eigenvalue weighted by atomic mass is 16.5. The molecule has 0 radical (unpaired) electrons. The Labute approximate surface area is 125 Å². The quantitative estimate of drug-likeness (QED) is 0.936. The van der Waals surface area contributed by atoms with Crippen LogP contribution >= 0.6 is 0 Å². The van der Waals surface area contributed by atoms with E-state index in [4.69, 9.17) is 9.84 Å². The van der Waals surface area contributed by atoms with Gasteiger partial charge in [0.05, 0.1) is 29.9 Å². The van der Waals surface area contributed by atoms with Crippen molar-refractivity contribution < 1.29 is 4.74 Å². The number of piperazine rings is 1. The molecule has 3 rings (SSSR count). The van der Waals surface area contributed by atoms with E-state index in [1.165, 1.54) is 11.4 Å². The van der Waals surface area contributed by atoms with Crippen LogP contribution in [0.2, 0.25) is 0 Å². The fourth-order valence-electron chi connectivity index (χ4n) is 2.97. The molecule has 1 aliphatic rings. The van der Waals surface area contributed by atoms with E-state index in [9.17, 15) is 0 Å². The molecule has 0 bridgehead atoms.